The fourth-order valence-electron chi connectivity index (χ4n) is 3.77. The Balaban J connectivity index is 0.00000363. The number of amides is 1. The zero-order valence-corrected chi connectivity index (χ0v) is 21.9. The summed E-state index contributed by atoms with van der Waals surface area (Å²) in [6.07, 6.45) is 1.52. The molecule has 0 bridgehead atoms. The van der Waals surface area contributed by atoms with Gasteiger partial charge in [-0.15, -0.1) is 24.0 Å². The summed E-state index contributed by atoms with van der Waals surface area (Å²) in [5, 5.41) is 6.88. The van der Waals surface area contributed by atoms with Crippen LogP contribution < -0.4 is 20.1 Å². The molecular weight excluding hydrogens is 523 g/mol. The van der Waals surface area contributed by atoms with Gasteiger partial charge >= 0.3 is 6.09 Å². The molecule has 1 aromatic rings. The van der Waals surface area contributed by atoms with Crippen LogP contribution in [-0.4, -0.2) is 69.0 Å². The maximum absolute atomic E-state index is 11.9. The number of aliphatic imine (C=N–C) groups is 1. The summed E-state index contributed by atoms with van der Waals surface area (Å²) in [7, 11) is 0. The summed E-state index contributed by atoms with van der Waals surface area (Å²) in [5.41, 5.74) is 1.00. The summed E-state index contributed by atoms with van der Waals surface area (Å²) >= 11 is 0. The van der Waals surface area contributed by atoms with Gasteiger partial charge in [0.05, 0.1) is 13.2 Å². The third-order valence-electron chi connectivity index (χ3n) is 5.66. The van der Waals surface area contributed by atoms with Crippen molar-refractivity contribution in [1.29, 1.82) is 0 Å². The molecule has 2 N–H and O–H groups in total. The van der Waals surface area contributed by atoms with E-state index in [9.17, 15) is 4.79 Å². The first-order valence-corrected chi connectivity index (χ1v) is 11.3. The number of carbonyl (C=O) groups excluding carboxylic acids is 1. The van der Waals surface area contributed by atoms with Crippen LogP contribution in [-0.2, 0) is 10.2 Å². The van der Waals surface area contributed by atoms with Crippen molar-refractivity contribution in [3.63, 3.8) is 0 Å². The standard InChI is InChI=1S/C23H36N4O4.HI/c1-5-24-21(26-18-9-11-27(12-10-18)22(28)29-6-2)25-16-23(3,4)17-7-8-19-20(15-17)31-14-13-30-19;/h7-8,15,18H,5-6,9-14,16H2,1-4H3,(H2,24,25,26);1H. The molecule has 180 valence electrons. The number of nitrogens with one attached hydrogen (secondary N) is 2. The third-order valence-corrected chi connectivity index (χ3v) is 5.66. The lowest BCUT2D eigenvalue weighted by Gasteiger charge is -2.32. The van der Waals surface area contributed by atoms with E-state index in [-0.39, 0.29) is 41.5 Å². The lowest BCUT2D eigenvalue weighted by atomic mass is 9.84. The number of benzene rings is 1. The van der Waals surface area contributed by atoms with E-state index in [2.05, 4.69) is 43.5 Å². The van der Waals surface area contributed by atoms with Gasteiger partial charge in [-0.05, 0) is 44.4 Å². The van der Waals surface area contributed by atoms with Crippen LogP contribution >= 0.6 is 24.0 Å². The molecule has 0 aromatic heterocycles. The first-order valence-electron chi connectivity index (χ1n) is 11.3. The van der Waals surface area contributed by atoms with Gasteiger partial charge in [0.25, 0.3) is 0 Å². The fraction of sp³-hybridized carbons (Fsp3) is 0.652. The zero-order chi connectivity index (χ0) is 22.3. The van der Waals surface area contributed by atoms with Crippen LogP contribution in [0.25, 0.3) is 0 Å². The Morgan fingerprint density at radius 3 is 2.53 bits per heavy atom. The van der Waals surface area contributed by atoms with Crippen LogP contribution in [0.15, 0.2) is 23.2 Å². The molecule has 1 fully saturated rings. The average molecular weight is 560 g/mol. The molecule has 0 radical (unpaired) electrons. The molecule has 0 aliphatic carbocycles. The smallest absolute Gasteiger partial charge is 0.409 e. The van der Waals surface area contributed by atoms with E-state index >= 15 is 0 Å². The highest BCUT2D eigenvalue weighted by atomic mass is 127. The number of halogens is 1. The molecule has 32 heavy (non-hydrogen) atoms. The predicted molar refractivity (Wildman–Crippen MR) is 137 cm³/mol. The molecule has 0 unspecified atom stereocenters. The first-order chi connectivity index (χ1) is 14.9. The van der Waals surface area contributed by atoms with Gasteiger partial charge in [0, 0.05) is 31.1 Å². The quantitative estimate of drug-likeness (QED) is 0.315. The van der Waals surface area contributed by atoms with Crippen molar-refractivity contribution in [2.24, 2.45) is 4.99 Å². The summed E-state index contributed by atoms with van der Waals surface area (Å²) in [6.45, 7) is 12.7. The van der Waals surface area contributed by atoms with Gasteiger partial charge in [-0.3, -0.25) is 4.99 Å². The molecule has 2 aliphatic rings. The van der Waals surface area contributed by atoms with Crippen molar-refractivity contribution in [3.8, 4) is 11.5 Å². The molecule has 3 rings (SSSR count). The second kappa shape index (κ2) is 12.4. The minimum absolute atomic E-state index is 0. The molecule has 2 aliphatic heterocycles. The maximum Gasteiger partial charge on any atom is 0.409 e. The van der Waals surface area contributed by atoms with Crippen molar-refractivity contribution < 1.29 is 19.0 Å². The number of likely N-dealkylation sites (tertiary alicyclic amines) is 1. The van der Waals surface area contributed by atoms with E-state index in [0.717, 1.165) is 36.8 Å². The predicted octanol–water partition coefficient (Wildman–Crippen LogP) is 3.53. The largest absolute Gasteiger partial charge is 0.486 e. The number of piperidine rings is 1. The van der Waals surface area contributed by atoms with E-state index in [1.165, 1.54) is 5.56 Å². The number of hydrogen-bond donors (Lipinski definition) is 2. The van der Waals surface area contributed by atoms with Gasteiger partial charge in [-0.2, -0.15) is 0 Å². The molecule has 9 heteroatoms. The summed E-state index contributed by atoms with van der Waals surface area (Å²) in [4.78, 5) is 18.5. The molecule has 0 spiro atoms. The molecule has 1 amide bonds. The van der Waals surface area contributed by atoms with Crippen LogP contribution in [0.3, 0.4) is 0 Å². The van der Waals surface area contributed by atoms with E-state index in [0.29, 0.717) is 39.5 Å². The van der Waals surface area contributed by atoms with Gasteiger partial charge in [0.2, 0.25) is 0 Å². The van der Waals surface area contributed by atoms with Crippen molar-refractivity contribution >= 4 is 36.0 Å². The van der Waals surface area contributed by atoms with Crippen LogP contribution in [0.5, 0.6) is 11.5 Å². The van der Waals surface area contributed by atoms with Gasteiger partial charge in [-0.25, -0.2) is 4.79 Å². The Kier molecular flexibility index (Phi) is 10.2. The Bertz CT molecular complexity index is 779. The molecule has 1 aromatic carbocycles. The Morgan fingerprint density at radius 1 is 1.19 bits per heavy atom. The summed E-state index contributed by atoms with van der Waals surface area (Å²) < 4.78 is 16.5. The normalized spacial score (nSPS) is 16.8. The minimum atomic E-state index is -0.220. The lowest BCUT2D eigenvalue weighted by molar-refractivity contribution is 0.0963. The third kappa shape index (κ3) is 7.05. The van der Waals surface area contributed by atoms with E-state index in [1.54, 1.807) is 4.90 Å². The number of carbonyl (C=O) groups is 1. The molecule has 0 saturated carbocycles. The topological polar surface area (TPSA) is 84.4 Å². The Morgan fingerprint density at radius 2 is 1.88 bits per heavy atom. The Labute approximate surface area is 208 Å². The number of rotatable bonds is 6. The zero-order valence-electron chi connectivity index (χ0n) is 19.6. The number of ether oxygens (including phenoxy) is 3. The highest BCUT2D eigenvalue weighted by Gasteiger charge is 2.26. The molecule has 1 saturated heterocycles. The lowest BCUT2D eigenvalue weighted by Crippen LogP contribution is -2.50. The fourth-order valence-corrected chi connectivity index (χ4v) is 3.77. The number of hydrogen-bond acceptors (Lipinski definition) is 5. The summed E-state index contributed by atoms with van der Waals surface area (Å²) in [5.74, 6) is 2.42. The number of guanidine groups is 1. The summed E-state index contributed by atoms with van der Waals surface area (Å²) in [6, 6.07) is 6.42. The van der Waals surface area contributed by atoms with E-state index < -0.39 is 0 Å². The highest BCUT2D eigenvalue weighted by Crippen LogP contribution is 2.35. The van der Waals surface area contributed by atoms with E-state index in [1.807, 2.05) is 13.0 Å². The monoisotopic (exact) mass is 560 g/mol. The van der Waals surface area contributed by atoms with Gasteiger partial charge < -0.3 is 29.7 Å². The molecular formula is C23H37IN4O4. The number of nitrogens with zero attached hydrogens (tertiary/aromatic N) is 2. The van der Waals surface area contributed by atoms with Crippen LogP contribution in [0.4, 0.5) is 4.79 Å². The van der Waals surface area contributed by atoms with Crippen molar-refractivity contribution in [3.05, 3.63) is 23.8 Å². The van der Waals surface area contributed by atoms with Crippen LogP contribution in [0, 0.1) is 0 Å². The SMILES string of the molecule is CCNC(=NCC(C)(C)c1ccc2c(c1)OCCO2)NC1CCN(C(=O)OCC)CC1.I. The highest BCUT2D eigenvalue weighted by molar-refractivity contribution is 14.0. The second-order valence-electron chi connectivity index (χ2n) is 8.54. The second-order valence-corrected chi connectivity index (χ2v) is 8.54. The van der Waals surface area contributed by atoms with Crippen molar-refractivity contribution in [1.82, 2.24) is 15.5 Å². The molecule has 2 heterocycles. The molecule has 0 atom stereocenters. The molecule has 8 nitrogen and oxygen atoms in total. The van der Waals surface area contributed by atoms with Gasteiger partial charge in [0.15, 0.2) is 17.5 Å². The van der Waals surface area contributed by atoms with Crippen LogP contribution in [0.2, 0.25) is 0 Å². The van der Waals surface area contributed by atoms with Crippen LogP contribution in [0.1, 0.15) is 46.1 Å². The minimum Gasteiger partial charge on any atom is -0.486 e. The van der Waals surface area contributed by atoms with Crippen molar-refractivity contribution in [2.45, 2.75) is 52.0 Å². The van der Waals surface area contributed by atoms with Gasteiger partial charge in [0.1, 0.15) is 13.2 Å². The van der Waals surface area contributed by atoms with Gasteiger partial charge in [-0.1, -0.05) is 19.9 Å². The average Bonchev–Trinajstić information content (AvgIpc) is 2.78. The first kappa shape index (κ1) is 26.3. The van der Waals surface area contributed by atoms with Crippen molar-refractivity contribution in [2.75, 3.05) is 46.0 Å². The van der Waals surface area contributed by atoms with E-state index in [4.69, 9.17) is 19.2 Å². The number of fused-ring (bicyclic) bond motifs is 1. The Hall–Kier alpha value is -1.91. The maximum atomic E-state index is 11.9.